The third kappa shape index (κ3) is 4.78. The van der Waals surface area contributed by atoms with E-state index in [0.29, 0.717) is 0 Å². The zero-order valence-corrected chi connectivity index (χ0v) is 11.9. The van der Waals surface area contributed by atoms with Gasteiger partial charge in [0, 0.05) is 24.8 Å². The Hall–Kier alpha value is -1.02. The fourth-order valence-corrected chi connectivity index (χ4v) is 2.02. The Bertz CT molecular complexity index is 364. The number of hydrogen-bond donors (Lipinski definition) is 1. The number of aryl methyl sites for hydroxylation is 2. The molecular weight excluding hydrogens is 208 g/mol. The third-order valence-corrected chi connectivity index (χ3v) is 3.09. The van der Waals surface area contributed by atoms with Crippen LogP contribution in [0.5, 0.6) is 0 Å². The summed E-state index contributed by atoms with van der Waals surface area (Å²) in [5, 5.41) is 0. The molecule has 2 heteroatoms. The molecule has 0 unspecified atom stereocenters. The van der Waals surface area contributed by atoms with Gasteiger partial charge in [0.15, 0.2) is 0 Å². The van der Waals surface area contributed by atoms with Crippen LogP contribution < -0.4 is 10.6 Å². The molecule has 0 spiro atoms. The molecule has 1 aromatic carbocycles. The molecule has 1 rings (SSSR count). The minimum absolute atomic E-state index is 0.0531. The van der Waals surface area contributed by atoms with E-state index >= 15 is 0 Å². The molecule has 2 nitrogen and oxygen atoms in total. The Morgan fingerprint density at radius 2 is 1.88 bits per heavy atom. The summed E-state index contributed by atoms with van der Waals surface area (Å²) in [5.41, 5.74) is 9.93. The standard InChI is InChI=1S/C15H26N2/c1-12-7-8-13(2)14(11-12)17(5)10-6-9-15(3,4)16/h7-8,11H,6,9-10,16H2,1-5H3. The molecule has 96 valence electrons. The summed E-state index contributed by atoms with van der Waals surface area (Å²) in [4.78, 5) is 2.33. The van der Waals surface area contributed by atoms with E-state index in [9.17, 15) is 0 Å². The first kappa shape index (κ1) is 14.0. The zero-order valence-electron chi connectivity index (χ0n) is 11.9. The highest BCUT2D eigenvalue weighted by molar-refractivity contribution is 5.54. The molecule has 0 saturated carbocycles. The van der Waals surface area contributed by atoms with Crippen LogP contribution in [0.3, 0.4) is 0 Å². The number of rotatable bonds is 5. The fraction of sp³-hybridized carbons (Fsp3) is 0.600. The van der Waals surface area contributed by atoms with E-state index in [4.69, 9.17) is 5.73 Å². The maximum atomic E-state index is 6.00. The van der Waals surface area contributed by atoms with E-state index in [2.05, 4.69) is 57.8 Å². The molecule has 1 aromatic rings. The molecule has 0 aromatic heterocycles. The second kappa shape index (κ2) is 5.54. The summed E-state index contributed by atoms with van der Waals surface area (Å²) in [5.74, 6) is 0. The van der Waals surface area contributed by atoms with Crippen molar-refractivity contribution in [1.29, 1.82) is 0 Å². The van der Waals surface area contributed by atoms with Crippen molar-refractivity contribution in [2.45, 2.75) is 46.1 Å². The maximum absolute atomic E-state index is 6.00. The summed E-state index contributed by atoms with van der Waals surface area (Å²) in [7, 11) is 2.16. The van der Waals surface area contributed by atoms with Gasteiger partial charge in [-0.3, -0.25) is 0 Å². The Kier molecular flexibility index (Phi) is 4.58. The SMILES string of the molecule is Cc1ccc(C)c(N(C)CCCC(C)(C)N)c1. The van der Waals surface area contributed by atoms with Crippen molar-refractivity contribution in [3.05, 3.63) is 29.3 Å². The highest BCUT2D eigenvalue weighted by Crippen LogP contribution is 2.21. The van der Waals surface area contributed by atoms with E-state index in [1.54, 1.807) is 0 Å². The summed E-state index contributed by atoms with van der Waals surface area (Å²) < 4.78 is 0. The predicted molar refractivity (Wildman–Crippen MR) is 76.7 cm³/mol. The van der Waals surface area contributed by atoms with E-state index in [1.807, 2.05) is 0 Å². The van der Waals surface area contributed by atoms with Gasteiger partial charge >= 0.3 is 0 Å². The molecule has 0 saturated heterocycles. The van der Waals surface area contributed by atoms with Crippen LogP contribution in [0, 0.1) is 13.8 Å². The number of nitrogens with two attached hydrogens (primary N) is 1. The molecule has 0 atom stereocenters. The second-order valence-corrected chi connectivity index (χ2v) is 5.80. The quantitative estimate of drug-likeness (QED) is 0.847. The number of anilines is 1. The molecule has 0 bridgehead atoms. The van der Waals surface area contributed by atoms with Gasteiger partial charge in [0.25, 0.3) is 0 Å². The lowest BCUT2D eigenvalue weighted by atomic mass is 10.00. The molecule has 0 amide bonds. The summed E-state index contributed by atoms with van der Waals surface area (Å²) in [6.07, 6.45) is 2.19. The monoisotopic (exact) mass is 234 g/mol. The average Bonchev–Trinajstić information content (AvgIpc) is 2.19. The van der Waals surface area contributed by atoms with Crippen LogP contribution in [0.1, 0.15) is 37.8 Å². The van der Waals surface area contributed by atoms with Crippen LogP contribution in [-0.4, -0.2) is 19.1 Å². The van der Waals surface area contributed by atoms with Gasteiger partial charge in [-0.25, -0.2) is 0 Å². The Morgan fingerprint density at radius 1 is 1.24 bits per heavy atom. The molecule has 0 aliphatic carbocycles. The number of hydrogen-bond acceptors (Lipinski definition) is 2. The lowest BCUT2D eigenvalue weighted by Gasteiger charge is -2.24. The summed E-state index contributed by atoms with van der Waals surface area (Å²) in [6.45, 7) is 9.54. The van der Waals surface area contributed by atoms with E-state index in [-0.39, 0.29) is 5.54 Å². The zero-order chi connectivity index (χ0) is 13.1. The molecule has 0 aliphatic rings. The highest BCUT2D eigenvalue weighted by atomic mass is 15.1. The van der Waals surface area contributed by atoms with Crippen LogP contribution in [0.25, 0.3) is 0 Å². The molecule has 17 heavy (non-hydrogen) atoms. The summed E-state index contributed by atoms with van der Waals surface area (Å²) in [6, 6.07) is 6.60. The van der Waals surface area contributed by atoms with Crippen LogP contribution in [0.2, 0.25) is 0 Å². The van der Waals surface area contributed by atoms with Crippen LogP contribution in [0.4, 0.5) is 5.69 Å². The lowest BCUT2D eigenvalue weighted by Crippen LogP contribution is -2.33. The van der Waals surface area contributed by atoms with Gasteiger partial charge in [-0.05, 0) is 57.7 Å². The predicted octanol–water partition coefficient (Wildman–Crippen LogP) is 3.26. The van der Waals surface area contributed by atoms with Gasteiger partial charge in [-0.1, -0.05) is 12.1 Å². The summed E-state index contributed by atoms with van der Waals surface area (Å²) >= 11 is 0. The Morgan fingerprint density at radius 3 is 2.47 bits per heavy atom. The van der Waals surface area contributed by atoms with Crippen molar-refractivity contribution in [2.75, 3.05) is 18.5 Å². The topological polar surface area (TPSA) is 29.3 Å². The second-order valence-electron chi connectivity index (χ2n) is 5.80. The molecule has 0 heterocycles. The van der Waals surface area contributed by atoms with Crippen LogP contribution in [0.15, 0.2) is 18.2 Å². The fourth-order valence-electron chi connectivity index (χ4n) is 2.02. The Labute approximate surface area is 106 Å². The first-order valence-corrected chi connectivity index (χ1v) is 6.37. The van der Waals surface area contributed by atoms with E-state index in [0.717, 1.165) is 19.4 Å². The van der Waals surface area contributed by atoms with Crippen molar-refractivity contribution in [3.8, 4) is 0 Å². The number of nitrogens with zero attached hydrogens (tertiary/aromatic N) is 1. The molecule has 0 radical (unpaired) electrons. The van der Waals surface area contributed by atoms with E-state index < -0.39 is 0 Å². The van der Waals surface area contributed by atoms with Gasteiger partial charge in [-0.2, -0.15) is 0 Å². The largest absolute Gasteiger partial charge is 0.374 e. The van der Waals surface area contributed by atoms with Crippen molar-refractivity contribution in [3.63, 3.8) is 0 Å². The van der Waals surface area contributed by atoms with Gasteiger partial charge in [-0.15, -0.1) is 0 Å². The van der Waals surface area contributed by atoms with Gasteiger partial charge in [0.05, 0.1) is 0 Å². The van der Waals surface area contributed by atoms with Crippen LogP contribution >= 0.6 is 0 Å². The average molecular weight is 234 g/mol. The van der Waals surface area contributed by atoms with Crippen molar-refractivity contribution in [1.82, 2.24) is 0 Å². The lowest BCUT2D eigenvalue weighted by molar-refractivity contribution is 0.460. The normalized spacial score (nSPS) is 11.6. The van der Waals surface area contributed by atoms with Gasteiger partial charge in [0.1, 0.15) is 0 Å². The molecule has 0 aliphatic heterocycles. The first-order chi connectivity index (χ1) is 7.79. The van der Waals surface area contributed by atoms with Crippen LogP contribution in [-0.2, 0) is 0 Å². The molecule has 0 fully saturated rings. The van der Waals surface area contributed by atoms with E-state index in [1.165, 1.54) is 16.8 Å². The van der Waals surface area contributed by atoms with Gasteiger partial charge in [0.2, 0.25) is 0 Å². The molecule has 2 N–H and O–H groups in total. The minimum Gasteiger partial charge on any atom is -0.374 e. The smallest absolute Gasteiger partial charge is 0.0395 e. The third-order valence-electron chi connectivity index (χ3n) is 3.09. The van der Waals surface area contributed by atoms with Crippen molar-refractivity contribution < 1.29 is 0 Å². The van der Waals surface area contributed by atoms with Crippen molar-refractivity contribution >= 4 is 5.69 Å². The first-order valence-electron chi connectivity index (χ1n) is 6.37. The van der Waals surface area contributed by atoms with Crippen molar-refractivity contribution in [2.24, 2.45) is 5.73 Å². The Balaban J connectivity index is 2.58. The number of benzene rings is 1. The maximum Gasteiger partial charge on any atom is 0.0395 e. The molecular formula is C15H26N2. The highest BCUT2D eigenvalue weighted by Gasteiger charge is 2.11. The van der Waals surface area contributed by atoms with Gasteiger partial charge < -0.3 is 10.6 Å². The minimum atomic E-state index is -0.0531.